The molecular formula is C13H25NO3. The van der Waals surface area contributed by atoms with Crippen LogP contribution in [-0.2, 0) is 9.53 Å². The van der Waals surface area contributed by atoms with Crippen molar-refractivity contribution in [1.29, 1.82) is 0 Å². The van der Waals surface area contributed by atoms with Crippen LogP contribution in [-0.4, -0.2) is 37.9 Å². The third-order valence-electron chi connectivity index (χ3n) is 3.65. The molecule has 100 valence electrons. The summed E-state index contributed by atoms with van der Waals surface area (Å²) >= 11 is 0. The molecule has 0 aliphatic heterocycles. The number of aliphatic hydroxyl groups is 1. The maximum absolute atomic E-state index is 11.7. The van der Waals surface area contributed by atoms with E-state index in [1.54, 1.807) is 7.11 Å². The lowest BCUT2D eigenvalue weighted by Gasteiger charge is -2.26. The Morgan fingerprint density at radius 2 is 2.12 bits per heavy atom. The van der Waals surface area contributed by atoms with Gasteiger partial charge < -0.3 is 15.2 Å². The van der Waals surface area contributed by atoms with E-state index >= 15 is 0 Å². The zero-order chi connectivity index (χ0) is 12.7. The lowest BCUT2D eigenvalue weighted by Crippen LogP contribution is -2.38. The Hall–Kier alpha value is -0.610. The Morgan fingerprint density at radius 3 is 2.65 bits per heavy atom. The third kappa shape index (κ3) is 4.64. The number of aliphatic hydroxyl groups excluding tert-OH is 1. The molecule has 0 aromatic heterocycles. The SMILES string of the molecule is COCC(C)CC(=O)NCC1(CO)CCCC1. The van der Waals surface area contributed by atoms with Crippen molar-refractivity contribution in [1.82, 2.24) is 5.32 Å². The zero-order valence-corrected chi connectivity index (χ0v) is 11.0. The van der Waals surface area contributed by atoms with Crippen LogP contribution in [0.1, 0.15) is 39.0 Å². The van der Waals surface area contributed by atoms with Gasteiger partial charge in [0.25, 0.3) is 0 Å². The fraction of sp³-hybridized carbons (Fsp3) is 0.923. The summed E-state index contributed by atoms with van der Waals surface area (Å²) in [6.07, 6.45) is 4.87. The predicted molar refractivity (Wildman–Crippen MR) is 66.7 cm³/mol. The van der Waals surface area contributed by atoms with Gasteiger partial charge in [0.05, 0.1) is 6.61 Å². The number of hydrogen-bond acceptors (Lipinski definition) is 3. The highest BCUT2D eigenvalue weighted by atomic mass is 16.5. The van der Waals surface area contributed by atoms with E-state index in [2.05, 4.69) is 5.32 Å². The van der Waals surface area contributed by atoms with Crippen molar-refractivity contribution in [3.05, 3.63) is 0 Å². The number of carbonyl (C=O) groups excluding carboxylic acids is 1. The van der Waals surface area contributed by atoms with Crippen LogP contribution in [0.5, 0.6) is 0 Å². The molecule has 1 aliphatic carbocycles. The molecule has 1 rings (SSSR count). The second-order valence-electron chi connectivity index (χ2n) is 5.41. The number of rotatable bonds is 7. The number of carbonyl (C=O) groups is 1. The van der Waals surface area contributed by atoms with Crippen molar-refractivity contribution in [2.24, 2.45) is 11.3 Å². The van der Waals surface area contributed by atoms with Crippen molar-refractivity contribution in [2.75, 3.05) is 26.9 Å². The van der Waals surface area contributed by atoms with Gasteiger partial charge in [-0.3, -0.25) is 4.79 Å². The third-order valence-corrected chi connectivity index (χ3v) is 3.65. The molecule has 0 spiro atoms. The molecular weight excluding hydrogens is 218 g/mol. The first-order chi connectivity index (χ1) is 8.12. The molecule has 0 aromatic carbocycles. The van der Waals surface area contributed by atoms with Crippen LogP contribution in [0.15, 0.2) is 0 Å². The minimum atomic E-state index is -0.0554. The van der Waals surface area contributed by atoms with E-state index in [9.17, 15) is 9.90 Å². The van der Waals surface area contributed by atoms with Crippen LogP contribution >= 0.6 is 0 Å². The zero-order valence-electron chi connectivity index (χ0n) is 11.0. The van der Waals surface area contributed by atoms with Crippen molar-refractivity contribution in [3.63, 3.8) is 0 Å². The van der Waals surface area contributed by atoms with Gasteiger partial charge in [-0.05, 0) is 18.8 Å². The summed E-state index contributed by atoms with van der Waals surface area (Å²) in [5, 5.41) is 12.4. The van der Waals surface area contributed by atoms with Gasteiger partial charge >= 0.3 is 0 Å². The lowest BCUT2D eigenvalue weighted by molar-refractivity contribution is -0.122. The molecule has 2 N–H and O–H groups in total. The molecule has 1 aliphatic rings. The van der Waals surface area contributed by atoms with Crippen molar-refractivity contribution in [3.8, 4) is 0 Å². The van der Waals surface area contributed by atoms with Crippen LogP contribution in [0.3, 0.4) is 0 Å². The molecule has 1 fully saturated rings. The molecule has 1 atom stereocenters. The van der Waals surface area contributed by atoms with Gasteiger partial charge in [-0.2, -0.15) is 0 Å². The number of amides is 1. The van der Waals surface area contributed by atoms with E-state index in [0.29, 0.717) is 19.6 Å². The van der Waals surface area contributed by atoms with Gasteiger partial charge in [-0.1, -0.05) is 19.8 Å². The van der Waals surface area contributed by atoms with Gasteiger partial charge in [0.1, 0.15) is 0 Å². The highest BCUT2D eigenvalue weighted by molar-refractivity contribution is 5.76. The van der Waals surface area contributed by atoms with E-state index in [-0.39, 0.29) is 23.8 Å². The smallest absolute Gasteiger partial charge is 0.220 e. The second kappa shape index (κ2) is 6.97. The van der Waals surface area contributed by atoms with Gasteiger partial charge in [0.2, 0.25) is 5.91 Å². The summed E-state index contributed by atoms with van der Waals surface area (Å²) in [6, 6.07) is 0. The quantitative estimate of drug-likeness (QED) is 0.709. The number of ether oxygens (including phenoxy) is 1. The lowest BCUT2D eigenvalue weighted by atomic mass is 9.87. The molecule has 1 unspecified atom stereocenters. The van der Waals surface area contributed by atoms with E-state index in [1.165, 1.54) is 0 Å². The van der Waals surface area contributed by atoms with Crippen molar-refractivity contribution >= 4 is 5.91 Å². The summed E-state index contributed by atoms with van der Waals surface area (Å²) in [6.45, 7) is 3.40. The van der Waals surface area contributed by atoms with Gasteiger partial charge in [0, 0.05) is 32.1 Å². The van der Waals surface area contributed by atoms with Crippen LogP contribution < -0.4 is 5.32 Å². The maximum atomic E-state index is 11.7. The van der Waals surface area contributed by atoms with E-state index in [4.69, 9.17) is 4.74 Å². The molecule has 0 aromatic rings. The Morgan fingerprint density at radius 1 is 1.47 bits per heavy atom. The summed E-state index contributed by atoms with van der Waals surface area (Å²) in [5.74, 6) is 0.308. The van der Waals surface area contributed by atoms with E-state index in [1.807, 2.05) is 6.92 Å². The summed E-state index contributed by atoms with van der Waals surface area (Å²) in [7, 11) is 1.65. The first-order valence-corrected chi connectivity index (χ1v) is 6.48. The van der Waals surface area contributed by atoms with Crippen molar-refractivity contribution in [2.45, 2.75) is 39.0 Å². The fourth-order valence-electron chi connectivity index (χ4n) is 2.53. The maximum Gasteiger partial charge on any atom is 0.220 e. The van der Waals surface area contributed by atoms with Gasteiger partial charge in [-0.15, -0.1) is 0 Å². The van der Waals surface area contributed by atoms with Crippen molar-refractivity contribution < 1.29 is 14.6 Å². The molecule has 17 heavy (non-hydrogen) atoms. The standard InChI is InChI=1S/C13H25NO3/c1-11(8-17-2)7-12(16)14-9-13(10-15)5-3-4-6-13/h11,15H,3-10H2,1-2H3,(H,14,16). The number of hydrogen-bond donors (Lipinski definition) is 2. The molecule has 0 bridgehead atoms. The minimum absolute atomic E-state index is 0.0554. The van der Waals surface area contributed by atoms with E-state index in [0.717, 1.165) is 25.7 Å². The molecule has 4 heteroatoms. The summed E-state index contributed by atoms with van der Waals surface area (Å²) in [5.41, 5.74) is -0.0554. The monoisotopic (exact) mass is 243 g/mol. The Bertz CT molecular complexity index is 237. The second-order valence-corrected chi connectivity index (χ2v) is 5.41. The molecule has 0 heterocycles. The molecule has 1 saturated carbocycles. The first kappa shape index (κ1) is 14.5. The van der Waals surface area contributed by atoms with Crippen LogP contribution in [0.25, 0.3) is 0 Å². The average molecular weight is 243 g/mol. The normalized spacial score (nSPS) is 20.2. The average Bonchev–Trinajstić information content (AvgIpc) is 2.76. The van der Waals surface area contributed by atoms with Gasteiger partial charge in [-0.25, -0.2) is 0 Å². The van der Waals surface area contributed by atoms with E-state index < -0.39 is 0 Å². The topological polar surface area (TPSA) is 58.6 Å². The first-order valence-electron chi connectivity index (χ1n) is 6.48. The number of nitrogens with one attached hydrogen (secondary N) is 1. The predicted octanol–water partition coefficient (Wildman–Crippen LogP) is 1.33. The largest absolute Gasteiger partial charge is 0.396 e. The highest BCUT2D eigenvalue weighted by Gasteiger charge is 2.33. The molecule has 0 radical (unpaired) electrons. The highest BCUT2D eigenvalue weighted by Crippen LogP contribution is 2.36. The summed E-state index contributed by atoms with van der Waals surface area (Å²) < 4.78 is 5.00. The Kier molecular flexibility index (Phi) is 5.92. The Balaban J connectivity index is 2.27. The minimum Gasteiger partial charge on any atom is -0.396 e. The summed E-state index contributed by atoms with van der Waals surface area (Å²) in [4.78, 5) is 11.7. The van der Waals surface area contributed by atoms with Crippen LogP contribution in [0.4, 0.5) is 0 Å². The Labute approximate surface area is 104 Å². The molecule has 1 amide bonds. The van der Waals surface area contributed by atoms with Crippen LogP contribution in [0, 0.1) is 11.3 Å². The number of methoxy groups -OCH3 is 1. The fourth-order valence-corrected chi connectivity index (χ4v) is 2.53. The molecule has 4 nitrogen and oxygen atoms in total. The van der Waals surface area contributed by atoms with Crippen LogP contribution in [0.2, 0.25) is 0 Å². The van der Waals surface area contributed by atoms with Gasteiger partial charge in [0.15, 0.2) is 0 Å². The molecule has 0 saturated heterocycles.